The highest BCUT2D eigenvalue weighted by atomic mass is 16.5. The summed E-state index contributed by atoms with van der Waals surface area (Å²) in [6.45, 7) is 3.40. The first-order chi connectivity index (χ1) is 12.0. The Morgan fingerprint density at radius 1 is 1.36 bits per heavy atom. The molecule has 1 amide bonds. The zero-order valence-corrected chi connectivity index (χ0v) is 15.0. The molecule has 3 N–H and O–H groups in total. The second-order valence-corrected chi connectivity index (χ2v) is 7.51. The van der Waals surface area contributed by atoms with Gasteiger partial charge in [-0.15, -0.1) is 0 Å². The van der Waals surface area contributed by atoms with Crippen LogP contribution < -0.4 is 15.2 Å². The molecule has 6 nitrogen and oxygen atoms in total. The Morgan fingerprint density at radius 2 is 2.08 bits per heavy atom. The first-order valence-electron chi connectivity index (χ1n) is 8.99. The van der Waals surface area contributed by atoms with Crippen LogP contribution in [0.5, 0.6) is 11.5 Å². The Labute approximate surface area is 148 Å². The molecule has 1 saturated carbocycles. The largest absolute Gasteiger partial charge is 0.493 e. The summed E-state index contributed by atoms with van der Waals surface area (Å²) in [6.07, 6.45) is 3.90. The molecule has 138 valence electrons. The van der Waals surface area contributed by atoms with E-state index in [1.165, 1.54) is 17.7 Å². The summed E-state index contributed by atoms with van der Waals surface area (Å²) in [5.74, 6) is 1.52. The molecule has 1 saturated heterocycles. The fraction of sp³-hybridized carbons (Fsp3) is 0.632. The predicted octanol–water partition coefficient (Wildman–Crippen LogP) is 3.06. The lowest BCUT2D eigenvalue weighted by Gasteiger charge is -2.29. The van der Waals surface area contributed by atoms with Crippen molar-refractivity contribution in [3.05, 3.63) is 23.8 Å². The molecule has 0 unspecified atom stereocenters. The van der Waals surface area contributed by atoms with Crippen LogP contribution >= 0.6 is 0 Å². The standard InChI is InChI=1S/C19H28N2O4/c1-19(11-20)12-21(18(22)23)10-15(19)13-7-8-16(24-2)17(9-13)25-14-5-3-4-6-14/h7-9,14-15H,3-6,10-12,20H2,1-2H3,(H,22,23)/t15-,19+/m0/s1. The lowest BCUT2D eigenvalue weighted by Crippen LogP contribution is -2.35. The average Bonchev–Trinajstić information content (AvgIpc) is 3.23. The van der Waals surface area contributed by atoms with Gasteiger partial charge in [0.05, 0.1) is 13.2 Å². The van der Waals surface area contributed by atoms with Crippen molar-refractivity contribution in [3.8, 4) is 11.5 Å². The minimum absolute atomic E-state index is 0.0467. The van der Waals surface area contributed by atoms with Gasteiger partial charge >= 0.3 is 6.09 Å². The van der Waals surface area contributed by atoms with Gasteiger partial charge in [0, 0.05) is 31.0 Å². The van der Waals surface area contributed by atoms with Crippen molar-refractivity contribution in [2.75, 3.05) is 26.7 Å². The minimum atomic E-state index is -0.891. The second kappa shape index (κ2) is 7.12. The molecule has 2 fully saturated rings. The lowest BCUT2D eigenvalue weighted by atomic mass is 9.76. The quantitative estimate of drug-likeness (QED) is 0.854. The van der Waals surface area contributed by atoms with Crippen LogP contribution in [0.2, 0.25) is 0 Å². The van der Waals surface area contributed by atoms with Gasteiger partial charge in [0.25, 0.3) is 0 Å². The van der Waals surface area contributed by atoms with Crippen LogP contribution in [-0.2, 0) is 0 Å². The number of hydrogen-bond acceptors (Lipinski definition) is 4. The van der Waals surface area contributed by atoms with E-state index in [1.54, 1.807) is 7.11 Å². The van der Waals surface area contributed by atoms with Crippen molar-refractivity contribution in [1.29, 1.82) is 0 Å². The molecule has 6 heteroatoms. The van der Waals surface area contributed by atoms with Crippen molar-refractivity contribution >= 4 is 6.09 Å². The topological polar surface area (TPSA) is 85.0 Å². The van der Waals surface area contributed by atoms with E-state index in [2.05, 4.69) is 6.92 Å². The number of hydrogen-bond donors (Lipinski definition) is 2. The molecule has 1 aliphatic heterocycles. The van der Waals surface area contributed by atoms with Gasteiger partial charge in [0.15, 0.2) is 11.5 Å². The summed E-state index contributed by atoms with van der Waals surface area (Å²) in [6, 6.07) is 5.94. The Morgan fingerprint density at radius 3 is 2.68 bits per heavy atom. The van der Waals surface area contributed by atoms with Crippen LogP contribution in [0.25, 0.3) is 0 Å². The highest BCUT2D eigenvalue weighted by molar-refractivity contribution is 5.66. The summed E-state index contributed by atoms with van der Waals surface area (Å²) in [7, 11) is 1.64. The van der Waals surface area contributed by atoms with Gasteiger partial charge in [-0.1, -0.05) is 13.0 Å². The minimum Gasteiger partial charge on any atom is -0.493 e. The third kappa shape index (κ3) is 3.54. The zero-order chi connectivity index (χ0) is 18.0. The molecule has 25 heavy (non-hydrogen) atoms. The number of benzene rings is 1. The first kappa shape index (κ1) is 17.9. The Balaban J connectivity index is 1.89. The predicted molar refractivity (Wildman–Crippen MR) is 95.4 cm³/mol. The van der Waals surface area contributed by atoms with Gasteiger partial charge < -0.3 is 25.2 Å². The van der Waals surface area contributed by atoms with Crippen LogP contribution in [0.1, 0.15) is 44.1 Å². The molecule has 1 aliphatic carbocycles. The van der Waals surface area contributed by atoms with Gasteiger partial charge in [0.1, 0.15) is 0 Å². The monoisotopic (exact) mass is 348 g/mol. The summed E-state index contributed by atoms with van der Waals surface area (Å²) in [5, 5.41) is 9.37. The molecule has 0 spiro atoms. The van der Waals surface area contributed by atoms with E-state index < -0.39 is 6.09 Å². The zero-order valence-electron chi connectivity index (χ0n) is 15.0. The molecule has 1 aromatic carbocycles. The maximum absolute atomic E-state index is 11.4. The van der Waals surface area contributed by atoms with Gasteiger partial charge in [-0.05, 0) is 43.4 Å². The molecule has 0 bridgehead atoms. The van der Waals surface area contributed by atoms with E-state index >= 15 is 0 Å². The first-order valence-corrected chi connectivity index (χ1v) is 8.99. The number of carboxylic acid groups (broad SMARTS) is 1. The van der Waals surface area contributed by atoms with Gasteiger partial charge in [-0.3, -0.25) is 0 Å². The van der Waals surface area contributed by atoms with Gasteiger partial charge in [-0.25, -0.2) is 4.79 Å². The summed E-state index contributed by atoms with van der Waals surface area (Å²) >= 11 is 0. The number of rotatable bonds is 5. The van der Waals surface area contributed by atoms with Gasteiger partial charge in [0.2, 0.25) is 0 Å². The summed E-state index contributed by atoms with van der Waals surface area (Å²) in [5.41, 5.74) is 6.79. The third-order valence-electron chi connectivity index (χ3n) is 5.72. The average molecular weight is 348 g/mol. The van der Waals surface area contributed by atoms with Crippen LogP contribution in [0.15, 0.2) is 18.2 Å². The van der Waals surface area contributed by atoms with Crippen molar-refractivity contribution < 1.29 is 19.4 Å². The number of carbonyl (C=O) groups is 1. The number of methoxy groups -OCH3 is 1. The van der Waals surface area contributed by atoms with Crippen molar-refractivity contribution in [1.82, 2.24) is 4.90 Å². The fourth-order valence-corrected chi connectivity index (χ4v) is 4.10. The van der Waals surface area contributed by atoms with E-state index in [4.69, 9.17) is 15.2 Å². The van der Waals surface area contributed by atoms with Crippen molar-refractivity contribution in [2.24, 2.45) is 11.1 Å². The number of likely N-dealkylation sites (tertiary alicyclic amines) is 1. The molecular formula is C19H28N2O4. The summed E-state index contributed by atoms with van der Waals surface area (Å²) in [4.78, 5) is 12.9. The fourth-order valence-electron chi connectivity index (χ4n) is 4.10. The molecular weight excluding hydrogens is 320 g/mol. The Kier molecular flexibility index (Phi) is 5.08. The number of nitrogens with zero attached hydrogens (tertiary/aromatic N) is 1. The lowest BCUT2D eigenvalue weighted by molar-refractivity contribution is 0.150. The van der Waals surface area contributed by atoms with Gasteiger partial charge in [-0.2, -0.15) is 0 Å². The van der Waals surface area contributed by atoms with E-state index in [0.717, 1.165) is 29.9 Å². The van der Waals surface area contributed by atoms with E-state index in [9.17, 15) is 9.90 Å². The highest BCUT2D eigenvalue weighted by Gasteiger charge is 2.44. The van der Waals surface area contributed by atoms with Crippen LogP contribution in [0, 0.1) is 5.41 Å². The smallest absolute Gasteiger partial charge is 0.407 e. The maximum Gasteiger partial charge on any atom is 0.407 e. The van der Waals surface area contributed by atoms with E-state index in [-0.39, 0.29) is 17.4 Å². The van der Waals surface area contributed by atoms with Crippen molar-refractivity contribution in [2.45, 2.75) is 44.6 Å². The highest BCUT2D eigenvalue weighted by Crippen LogP contribution is 2.44. The van der Waals surface area contributed by atoms with Crippen molar-refractivity contribution in [3.63, 3.8) is 0 Å². The molecule has 1 heterocycles. The second-order valence-electron chi connectivity index (χ2n) is 7.51. The number of ether oxygens (including phenoxy) is 2. The van der Waals surface area contributed by atoms with Crippen LogP contribution in [0.3, 0.4) is 0 Å². The molecule has 3 rings (SSSR count). The SMILES string of the molecule is COc1ccc([C@@H]2CN(C(=O)O)C[C@@]2(C)CN)cc1OC1CCCC1. The molecule has 1 aromatic rings. The van der Waals surface area contributed by atoms with E-state index in [0.29, 0.717) is 19.6 Å². The molecule has 0 aromatic heterocycles. The Bertz CT molecular complexity index is 630. The number of nitrogens with two attached hydrogens (primary N) is 1. The van der Waals surface area contributed by atoms with Crippen LogP contribution in [-0.4, -0.2) is 48.9 Å². The van der Waals surface area contributed by atoms with E-state index in [1.807, 2.05) is 18.2 Å². The molecule has 2 atom stereocenters. The normalized spacial score (nSPS) is 26.8. The molecule has 0 radical (unpaired) electrons. The van der Waals surface area contributed by atoms with Crippen LogP contribution in [0.4, 0.5) is 4.79 Å². The summed E-state index contributed by atoms with van der Waals surface area (Å²) < 4.78 is 11.6. The molecule has 2 aliphatic rings. The Hall–Kier alpha value is -1.95. The number of amides is 1. The third-order valence-corrected chi connectivity index (χ3v) is 5.72. The maximum atomic E-state index is 11.4.